The molecule has 2 heterocycles. The lowest BCUT2D eigenvalue weighted by Gasteiger charge is -2.22. The van der Waals surface area contributed by atoms with Gasteiger partial charge in [0, 0.05) is 25.6 Å². The third-order valence-corrected chi connectivity index (χ3v) is 2.71. The number of rotatable bonds is 3. The van der Waals surface area contributed by atoms with E-state index in [2.05, 4.69) is 11.5 Å². The molecule has 0 radical (unpaired) electrons. The smallest absolute Gasteiger partial charge is 0.333 e. The Labute approximate surface area is 84.0 Å². The third-order valence-electron chi connectivity index (χ3n) is 2.71. The molecular weight excluding hydrogens is 178 g/mol. The Morgan fingerprint density at radius 1 is 1.57 bits per heavy atom. The molecule has 2 rings (SSSR count). The Balaban J connectivity index is 2.09. The summed E-state index contributed by atoms with van der Waals surface area (Å²) in [7, 11) is 0. The SMILES string of the molecule is C=CC[C@@H]1OC(=O)C=C1N1CCCC1. The first kappa shape index (κ1) is 9.31. The Morgan fingerprint density at radius 3 is 2.93 bits per heavy atom. The summed E-state index contributed by atoms with van der Waals surface area (Å²) in [4.78, 5) is 13.4. The van der Waals surface area contributed by atoms with Crippen LogP contribution in [0.5, 0.6) is 0 Å². The summed E-state index contributed by atoms with van der Waals surface area (Å²) in [6.45, 7) is 5.78. The van der Waals surface area contributed by atoms with E-state index in [4.69, 9.17) is 4.74 Å². The average Bonchev–Trinajstić information content (AvgIpc) is 2.74. The van der Waals surface area contributed by atoms with E-state index in [1.165, 1.54) is 12.8 Å². The van der Waals surface area contributed by atoms with Crippen LogP contribution in [0.3, 0.4) is 0 Å². The molecular formula is C11H15NO2. The van der Waals surface area contributed by atoms with Crippen LogP contribution in [0.25, 0.3) is 0 Å². The van der Waals surface area contributed by atoms with Crippen molar-refractivity contribution in [3.63, 3.8) is 0 Å². The number of ether oxygens (including phenoxy) is 1. The van der Waals surface area contributed by atoms with Crippen molar-refractivity contribution in [1.82, 2.24) is 4.90 Å². The summed E-state index contributed by atoms with van der Waals surface area (Å²) in [5.74, 6) is -0.209. The maximum atomic E-state index is 11.1. The van der Waals surface area contributed by atoms with Crippen LogP contribution in [0.4, 0.5) is 0 Å². The molecule has 3 heteroatoms. The van der Waals surface area contributed by atoms with Crippen molar-refractivity contribution in [1.29, 1.82) is 0 Å². The van der Waals surface area contributed by atoms with Gasteiger partial charge < -0.3 is 9.64 Å². The number of hydrogen-bond acceptors (Lipinski definition) is 3. The van der Waals surface area contributed by atoms with E-state index in [0.717, 1.165) is 18.8 Å². The molecule has 0 N–H and O–H groups in total. The molecule has 2 aliphatic heterocycles. The third kappa shape index (κ3) is 1.67. The largest absolute Gasteiger partial charge is 0.452 e. The second kappa shape index (κ2) is 3.86. The van der Waals surface area contributed by atoms with Gasteiger partial charge in [0.1, 0.15) is 6.10 Å². The van der Waals surface area contributed by atoms with Gasteiger partial charge in [-0.2, -0.15) is 0 Å². The number of cyclic esters (lactones) is 1. The van der Waals surface area contributed by atoms with E-state index in [0.29, 0.717) is 6.42 Å². The maximum Gasteiger partial charge on any atom is 0.333 e. The molecule has 14 heavy (non-hydrogen) atoms. The van der Waals surface area contributed by atoms with Gasteiger partial charge in [-0.15, -0.1) is 6.58 Å². The van der Waals surface area contributed by atoms with Crippen LogP contribution in [0.15, 0.2) is 24.4 Å². The quantitative estimate of drug-likeness (QED) is 0.502. The predicted octanol–water partition coefficient (Wildman–Crippen LogP) is 1.47. The lowest BCUT2D eigenvalue weighted by molar-refractivity contribution is -0.138. The van der Waals surface area contributed by atoms with Crippen LogP contribution in [0.2, 0.25) is 0 Å². The highest BCUT2D eigenvalue weighted by Gasteiger charge is 2.30. The van der Waals surface area contributed by atoms with E-state index >= 15 is 0 Å². The Hall–Kier alpha value is -1.25. The molecule has 1 saturated heterocycles. The summed E-state index contributed by atoms with van der Waals surface area (Å²) < 4.78 is 5.18. The highest BCUT2D eigenvalue weighted by atomic mass is 16.5. The van der Waals surface area contributed by atoms with E-state index < -0.39 is 0 Å². The molecule has 0 saturated carbocycles. The van der Waals surface area contributed by atoms with E-state index in [9.17, 15) is 4.79 Å². The Bertz CT molecular complexity index is 277. The van der Waals surface area contributed by atoms with Gasteiger partial charge in [-0.3, -0.25) is 0 Å². The number of carbonyl (C=O) groups excluding carboxylic acids is 1. The topological polar surface area (TPSA) is 29.5 Å². The van der Waals surface area contributed by atoms with Crippen molar-refractivity contribution >= 4 is 5.97 Å². The van der Waals surface area contributed by atoms with Gasteiger partial charge in [0.05, 0.1) is 5.70 Å². The fraction of sp³-hybridized carbons (Fsp3) is 0.545. The van der Waals surface area contributed by atoms with E-state index in [1.54, 1.807) is 12.2 Å². The first-order valence-electron chi connectivity index (χ1n) is 5.09. The molecule has 1 atom stereocenters. The molecule has 0 aromatic carbocycles. The van der Waals surface area contributed by atoms with Gasteiger partial charge in [0.25, 0.3) is 0 Å². The molecule has 0 unspecified atom stereocenters. The highest BCUT2D eigenvalue weighted by molar-refractivity contribution is 5.85. The molecule has 76 valence electrons. The molecule has 0 aromatic heterocycles. The van der Waals surface area contributed by atoms with Crippen LogP contribution in [0, 0.1) is 0 Å². The van der Waals surface area contributed by atoms with Crippen molar-refractivity contribution < 1.29 is 9.53 Å². The van der Waals surface area contributed by atoms with Gasteiger partial charge in [-0.05, 0) is 12.8 Å². The van der Waals surface area contributed by atoms with Gasteiger partial charge >= 0.3 is 5.97 Å². The minimum absolute atomic E-state index is 0.0851. The van der Waals surface area contributed by atoms with Gasteiger partial charge in [0.2, 0.25) is 0 Å². The molecule has 0 aromatic rings. The molecule has 3 nitrogen and oxygen atoms in total. The van der Waals surface area contributed by atoms with Gasteiger partial charge in [-0.25, -0.2) is 4.79 Å². The zero-order valence-electron chi connectivity index (χ0n) is 8.24. The normalized spacial score (nSPS) is 26.3. The summed E-state index contributed by atoms with van der Waals surface area (Å²) in [5, 5.41) is 0. The first-order chi connectivity index (χ1) is 6.81. The minimum atomic E-state index is -0.209. The van der Waals surface area contributed by atoms with Crippen molar-refractivity contribution in [2.75, 3.05) is 13.1 Å². The second-order valence-corrected chi connectivity index (χ2v) is 3.71. The van der Waals surface area contributed by atoms with Crippen molar-refractivity contribution in [2.24, 2.45) is 0 Å². The second-order valence-electron chi connectivity index (χ2n) is 3.71. The van der Waals surface area contributed by atoms with Crippen molar-refractivity contribution in [3.8, 4) is 0 Å². The van der Waals surface area contributed by atoms with Crippen molar-refractivity contribution in [3.05, 3.63) is 24.4 Å². The van der Waals surface area contributed by atoms with Gasteiger partial charge in [-0.1, -0.05) is 6.08 Å². The molecule has 0 aliphatic carbocycles. The summed E-state index contributed by atoms with van der Waals surface area (Å²) in [6, 6.07) is 0. The number of carbonyl (C=O) groups is 1. The Morgan fingerprint density at radius 2 is 2.29 bits per heavy atom. The summed E-state index contributed by atoms with van der Waals surface area (Å²) >= 11 is 0. The maximum absolute atomic E-state index is 11.1. The monoisotopic (exact) mass is 193 g/mol. The molecule has 2 aliphatic rings. The van der Waals surface area contributed by atoms with Crippen LogP contribution in [-0.4, -0.2) is 30.1 Å². The van der Waals surface area contributed by atoms with Crippen LogP contribution in [-0.2, 0) is 9.53 Å². The molecule has 0 amide bonds. The number of esters is 1. The summed E-state index contributed by atoms with van der Waals surface area (Å²) in [6.07, 6.45) is 6.48. The zero-order valence-corrected chi connectivity index (χ0v) is 8.24. The fourth-order valence-corrected chi connectivity index (χ4v) is 2.04. The molecule has 1 fully saturated rings. The number of likely N-dealkylation sites (tertiary alicyclic amines) is 1. The Kier molecular flexibility index (Phi) is 2.57. The lowest BCUT2D eigenvalue weighted by Crippen LogP contribution is -2.25. The van der Waals surface area contributed by atoms with E-state index in [1.807, 2.05) is 0 Å². The fourth-order valence-electron chi connectivity index (χ4n) is 2.04. The van der Waals surface area contributed by atoms with E-state index in [-0.39, 0.29) is 12.1 Å². The first-order valence-corrected chi connectivity index (χ1v) is 5.09. The number of nitrogens with zero attached hydrogens (tertiary/aromatic N) is 1. The minimum Gasteiger partial charge on any atom is -0.452 e. The molecule has 0 spiro atoms. The average molecular weight is 193 g/mol. The van der Waals surface area contributed by atoms with Crippen molar-refractivity contribution in [2.45, 2.75) is 25.4 Å². The number of hydrogen-bond donors (Lipinski definition) is 0. The standard InChI is InChI=1S/C11H15NO2/c1-2-5-10-9(8-11(13)14-10)12-6-3-4-7-12/h2,8,10H,1,3-7H2/t10-/m0/s1. The highest BCUT2D eigenvalue weighted by Crippen LogP contribution is 2.25. The van der Waals surface area contributed by atoms with Crippen LogP contribution in [0.1, 0.15) is 19.3 Å². The lowest BCUT2D eigenvalue weighted by atomic mass is 10.2. The zero-order chi connectivity index (χ0) is 9.97. The van der Waals surface area contributed by atoms with Crippen LogP contribution >= 0.6 is 0 Å². The van der Waals surface area contributed by atoms with Crippen LogP contribution < -0.4 is 0 Å². The van der Waals surface area contributed by atoms with Gasteiger partial charge in [0.15, 0.2) is 0 Å². The molecule has 0 bridgehead atoms. The summed E-state index contributed by atoms with van der Waals surface area (Å²) in [5.41, 5.74) is 1.05. The predicted molar refractivity (Wildman–Crippen MR) is 53.6 cm³/mol.